The summed E-state index contributed by atoms with van der Waals surface area (Å²) in [5, 5.41) is 12.7. The summed E-state index contributed by atoms with van der Waals surface area (Å²) in [6.07, 6.45) is 1.25. The number of halogens is 1. The number of oxime groups is 1. The summed E-state index contributed by atoms with van der Waals surface area (Å²) in [5.74, 6) is 0.774. The first kappa shape index (κ1) is 11.7. The highest BCUT2D eigenvalue weighted by molar-refractivity contribution is 6.32. The summed E-state index contributed by atoms with van der Waals surface area (Å²) < 4.78 is 5.40. The Kier molecular flexibility index (Phi) is 3.44. The average Bonchev–Trinajstić information content (AvgIpc) is 2.31. The maximum absolute atomic E-state index is 8.51. The Morgan fingerprint density at radius 3 is 3.00 bits per heavy atom. The predicted molar refractivity (Wildman–Crippen MR) is 67.3 cm³/mol. The van der Waals surface area contributed by atoms with Gasteiger partial charge in [-0.3, -0.25) is 0 Å². The average molecular weight is 251 g/mol. The van der Waals surface area contributed by atoms with E-state index < -0.39 is 0 Å². The molecular formula is C12H11ClN2O2. The molecule has 17 heavy (non-hydrogen) atoms. The van der Waals surface area contributed by atoms with Gasteiger partial charge in [-0.05, 0) is 31.2 Å². The molecule has 0 spiro atoms. The fourth-order valence-corrected chi connectivity index (χ4v) is 1.75. The van der Waals surface area contributed by atoms with E-state index >= 15 is 0 Å². The van der Waals surface area contributed by atoms with Gasteiger partial charge in [0.1, 0.15) is 10.9 Å². The van der Waals surface area contributed by atoms with Crippen molar-refractivity contribution < 1.29 is 9.94 Å². The van der Waals surface area contributed by atoms with Gasteiger partial charge >= 0.3 is 0 Å². The fourth-order valence-electron chi connectivity index (χ4n) is 1.56. The summed E-state index contributed by atoms with van der Waals surface area (Å²) in [4.78, 5) is 4.20. The Labute approximate surface area is 103 Å². The monoisotopic (exact) mass is 250 g/mol. The van der Waals surface area contributed by atoms with Crippen molar-refractivity contribution in [1.29, 1.82) is 0 Å². The maximum atomic E-state index is 8.51. The number of hydrogen-bond donors (Lipinski definition) is 1. The number of hydrogen-bond acceptors (Lipinski definition) is 4. The lowest BCUT2D eigenvalue weighted by Gasteiger charge is -2.05. The van der Waals surface area contributed by atoms with Crippen LogP contribution in [0.15, 0.2) is 29.4 Å². The molecule has 0 aliphatic rings. The molecule has 0 unspecified atom stereocenters. The molecule has 5 heteroatoms. The third-order valence-electron chi connectivity index (χ3n) is 2.27. The van der Waals surface area contributed by atoms with E-state index in [4.69, 9.17) is 21.5 Å². The Bertz CT molecular complexity index is 570. The standard InChI is InChI=1S/C12H11ClN2O2/c1-2-17-10-3-4-11-8(6-10)5-9(7-14-16)12(13)15-11/h3-7,16H,2H2,1H3. The van der Waals surface area contributed by atoms with E-state index in [1.54, 1.807) is 6.07 Å². The van der Waals surface area contributed by atoms with Crippen LogP contribution in [0.5, 0.6) is 5.75 Å². The number of rotatable bonds is 3. The molecule has 0 aliphatic carbocycles. The first-order valence-electron chi connectivity index (χ1n) is 5.15. The van der Waals surface area contributed by atoms with Crippen LogP contribution in [0, 0.1) is 0 Å². The van der Waals surface area contributed by atoms with Crippen LogP contribution in [0.4, 0.5) is 0 Å². The molecule has 2 rings (SSSR count). The van der Waals surface area contributed by atoms with Crippen molar-refractivity contribution in [2.24, 2.45) is 5.16 Å². The topological polar surface area (TPSA) is 54.7 Å². The summed E-state index contributed by atoms with van der Waals surface area (Å²) in [6.45, 7) is 2.53. The molecule has 0 atom stereocenters. The Balaban J connectivity index is 2.55. The molecule has 0 aliphatic heterocycles. The van der Waals surface area contributed by atoms with Gasteiger partial charge in [-0.2, -0.15) is 0 Å². The number of pyridine rings is 1. The van der Waals surface area contributed by atoms with Crippen LogP contribution in [0.2, 0.25) is 5.15 Å². The molecule has 88 valence electrons. The highest BCUT2D eigenvalue weighted by atomic mass is 35.5. The fraction of sp³-hybridized carbons (Fsp3) is 0.167. The van der Waals surface area contributed by atoms with Gasteiger partial charge in [0.05, 0.1) is 18.3 Å². The van der Waals surface area contributed by atoms with Crippen molar-refractivity contribution >= 4 is 28.7 Å². The maximum Gasteiger partial charge on any atom is 0.138 e. The van der Waals surface area contributed by atoms with Gasteiger partial charge in [0, 0.05) is 10.9 Å². The van der Waals surface area contributed by atoms with E-state index in [1.807, 2.05) is 25.1 Å². The molecule has 0 saturated carbocycles. The van der Waals surface area contributed by atoms with Crippen molar-refractivity contribution in [2.45, 2.75) is 6.92 Å². The number of aromatic nitrogens is 1. The molecule has 0 fully saturated rings. The van der Waals surface area contributed by atoms with E-state index in [0.29, 0.717) is 17.3 Å². The van der Waals surface area contributed by atoms with Crippen LogP contribution < -0.4 is 4.74 Å². The summed E-state index contributed by atoms with van der Waals surface area (Å²) in [7, 11) is 0. The van der Waals surface area contributed by atoms with E-state index in [-0.39, 0.29) is 0 Å². The normalized spacial score (nSPS) is 11.2. The largest absolute Gasteiger partial charge is 0.494 e. The quantitative estimate of drug-likeness (QED) is 0.394. The zero-order chi connectivity index (χ0) is 12.3. The summed E-state index contributed by atoms with van der Waals surface area (Å²) >= 11 is 5.94. The zero-order valence-electron chi connectivity index (χ0n) is 9.22. The van der Waals surface area contributed by atoms with E-state index in [9.17, 15) is 0 Å². The second kappa shape index (κ2) is 5.01. The van der Waals surface area contributed by atoms with Gasteiger partial charge in [-0.25, -0.2) is 4.98 Å². The molecule has 4 nitrogen and oxygen atoms in total. The van der Waals surface area contributed by atoms with Crippen LogP contribution in [-0.4, -0.2) is 23.0 Å². The molecular weight excluding hydrogens is 240 g/mol. The number of fused-ring (bicyclic) bond motifs is 1. The Hall–Kier alpha value is -1.81. The van der Waals surface area contributed by atoms with Crippen LogP contribution in [0.1, 0.15) is 12.5 Å². The molecule has 0 bridgehead atoms. The third-order valence-corrected chi connectivity index (χ3v) is 2.58. The number of nitrogens with zero attached hydrogens (tertiary/aromatic N) is 2. The van der Waals surface area contributed by atoms with Gasteiger partial charge in [0.25, 0.3) is 0 Å². The van der Waals surface area contributed by atoms with Gasteiger partial charge in [-0.15, -0.1) is 0 Å². The molecule has 1 N–H and O–H groups in total. The smallest absolute Gasteiger partial charge is 0.138 e. The minimum Gasteiger partial charge on any atom is -0.494 e. The minimum atomic E-state index is 0.305. The van der Waals surface area contributed by atoms with Crippen LogP contribution in [0.3, 0.4) is 0 Å². The summed E-state index contributed by atoms with van der Waals surface area (Å²) in [5.41, 5.74) is 1.34. The second-order valence-electron chi connectivity index (χ2n) is 3.40. The Morgan fingerprint density at radius 1 is 1.47 bits per heavy atom. The first-order chi connectivity index (χ1) is 8.24. The molecule has 0 amide bonds. The zero-order valence-corrected chi connectivity index (χ0v) is 9.98. The van der Waals surface area contributed by atoms with Crippen molar-refractivity contribution in [3.63, 3.8) is 0 Å². The Morgan fingerprint density at radius 2 is 2.29 bits per heavy atom. The van der Waals surface area contributed by atoms with E-state index in [0.717, 1.165) is 16.7 Å². The summed E-state index contributed by atoms with van der Waals surface area (Å²) in [6, 6.07) is 7.35. The second-order valence-corrected chi connectivity index (χ2v) is 3.76. The van der Waals surface area contributed by atoms with Crippen molar-refractivity contribution in [1.82, 2.24) is 4.98 Å². The predicted octanol–water partition coefficient (Wildman–Crippen LogP) is 3.10. The number of benzene rings is 1. The third kappa shape index (κ3) is 2.47. The first-order valence-corrected chi connectivity index (χ1v) is 5.53. The van der Waals surface area contributed by atoms with Crippen molar-refractivity contribution in [3.05, 3.63) is 35.0 Å². The molecule has 1 aromatic carbocycles. The molecule has 0 saturated heterocycles. The lowest BCUT2D eigenvalue weighted by atomic mass is 10.1. The van der Waals surface area contributed by atoms with Gasteiger partial charge < -0.3 is 9.94 Å². The van der Waals surface area contributed by atoms with Crippen LogP contribution in [-0.2, 0) is 0 Å². The van der Waals surface area contributed by atoms with E-state index in [1.165, 1.54) is 6.21 Å². The molecule has 2 aromatic rings. The highest BCUT2D eigenvalue weighted by Crippen LogP contribution is 2.23. The minimum absolute atomic E-state index is 0.305. The van der Waals surface area contributed by atoms with E-state index in [2.05, 4.69) is 10.1 Å². The molecule has 1 aromatic heterocycles. The molecule has 0 radical (unpaired) electrons. The van der Waals surface area contributed by atoms with Gasteiger partial charge in [0.15, 0.2) is 0 Å². The van der Waals surface area contributed by atoms with Gasteiger partial charge in [-0.1, -0.05) is 16.8 Å². The SMILES string of the molecule is CCOc1ccc2nc(Cl)c(C=NO)cc2c1. The number of ether oxygens (including phenoxy) is 1. The van der Waals surface area contributed by atoms with Gasteiger partial charge in [0.2, 0.25) is 0 Å². The lowest BCUT2D eigenvalue weighted by molar-refractivity contribution is 0.322. The van der Waals surface area contributed by atoms with Crippen molar-refractivity contribution in [2.75, 3.05) is 6.61 Å². The van der Waals surface area contributed by atoms with Crippen LogP contribution in [0.25, 0.3) is 10.9 Å². The van der Waals surface area contributed by atoms with Crippen molar-refractivity contribution in [3.8, 4) is 5.75 Å². The van der Waals surface area contributed by atoms with Crippen LogP contribution >= 0.6 is 11.6 Å². The molecule has 1 heterocycles. The lowest BCUT2D eigenvalue weighted by Crippen LogP contribution is -1.93. The highest BCUT2D eigenvalue weighted by Gasteiger charge is 2.04.